The van der Waals surface area contributed by atoms with E-state index in [0.717, 1.165) is 34.0 Å². The van der Waals surface area contributed by atoms with E-state index in [-0.39, 0.29) is 17.8 Å². The van der Waals surface area contributed by atoms with Crippen molar-refractivity contribution >= 4 is 34.6 Å². The number of aromatic hydroxyl groups is 1. The molecule has 2 atom stereocenters. The third-order valence-electron chi connectivity index (χ3n) is 6.21. The molecule has 0 saturated carbocycles. The highest BCUT2D eigenvalue weighted by Gasteiger charge is 2.43. The first kappa shape index (κ1) is 22.4. The van der Waals surface area contributed by atoms with Crippen LogP contribution < -0.4 is 10.2 Å². The minimum atomic E-state index is -0.267. The number of pyridine rings is 2. The molecule has 5 rings (SSSR count). The van der Waals surface area contributed by atoms with Gasteiger partial charge in [0.2, 0.25) is 0 Å². The number of aromatic nitrogens is 3. The van der Waals surface area contributed by atoms with Crippen molar-refractivity contribution in [1.82, 2.24) is 19.9 Å². The van der Waals surface area contributed by atoms with Crippen LogP contribution in [-0.4, -0.2) is 24.8 Å². The van der Waals surface area contributed by atoms with Crippen molar-refractivity contribution in [1.29, 1.82) is 0 Å². The van der Waals surface area contributed by atoms with Gasteiger partial charge in [-0.1, -0.05) is 17.7 Å². The molecule has 172 valence electrons. The number of benzene rings is 1. The largest absolute Gasteiger partial charge is 0.506 e. The smallest absolute Gasteiger partial charge is 0.174 e. The van der Waals surface area contributed by atoms with Crippen LogP contribution in [0.1, 0.15) is 40.3 Å². The summed E-state index contributed by atoms with van der Waals surface area (Å²) in [6.45, 7) is 6.21. The van der Waals surface area contributed by atoms with Crippen LogP contribution in [0.5, 0.6) is 5.75 Å². The molecule has 0 bridgehead atoms. The topological polar surface area (TPSA) is 66.2 Å². The molecule has 0 unspecified atom stereocenters. The number of anilines is 1. The van der Waals surface area contributed by atoms with E-state index >= 15 is 0 Å². The maximum absolute atomic E-state index is 10.8. The molecule has 4 aromatic rings. The van der Waals surface area contributed by atoms with Gasteiger partial charge in [-0.2, -0.15) is 0 Å². The van der Waals surface area contributed by atoms with E-state index in [1.54, 1.807) is 24.4 Å². The van der Waals surface area contributed by atoms with Crippen LogP contribution in [0, 0.1) is 20.8 Å². The Morgan fingerprint density at radius 2 is 1.82 bits per heavy atom. The second-order valence-corrected chi connectivity index (χ2v) is 9.31. The molecule has 1 aromatic carbocycles. The van der Waals surface area contributed by atoms with E-state index in [1.165, 1.54) is 0 Å². The molecule has 0 radical (unpaired) electrons. The number of rotatable bonds is 4. The average Bonchev–Trinajstić information content (AvgIpc) is 3.31. The summed E-state index contributed by atoms with van der Waals surface area (Å²) in [5.74, 6) is 0.968. The molecule has 6 nitrogen and oxygen atoms in total. The zero-order valence-electron chi connectivity index (χ0n) is 19.0. The molecule has 1 aliphatic heterocycles. The van der Waals surface area contributed by atoms with Gasteiger partial charge in [0.15, 0.2) is 5.11 Å². The monoisotopic (exact) mass is 489 g/mol. The molecule has 0 aliphatic carbocycles. The van der Waals surface area contributed by atoms with E-state index in [1.807, 2.05) is 35.4 Å². The predicted molar refractivity (Wildman–Crippen MR) is 139 cm³/mol. The Kier molecular flexibility index (Phi) is 5.75. The van der Waals surface area contributed by atoms with Crippen molar-refractivity contribution in [3.05, 3.63) is 100 Å². The maximum atomic E-state index is 10.8. The van der Waals surface area contributed by atoms with E-state index < -0.39 is 0 Å². The Balaban J connectivity index is 1.71. The van der Waals surface area contributed by atoms with Gasteiger partial charge in [-0.15, -0.1) is 0 Å². The van der Waals surface area contributed by atoms with Crippen molar-refractivity contribution in [3.8, 4) is 11.6 Å². The number of hydrogen-bond donors (Lipinski definition) is 2. The third kappa shape index (κ3) is 3.81. The first-order chi connectivity index (χ1) is 16.3. The number of halogens is 1. The summed E-state index contributed by atoms with van der Waals surface area (Å²) in [4.78, 5) is 11.2. The fourth-order valence-corrected chi connectivity index (χ4v) is 5.21. The number of thiocarbonyl (C=S) groups is 1. The lowest BCUT2D eigenvalue weighted by Crippen LogP contribution is -2.29. The summed E-state index contributed by atoms with van der Waals surface area (Å²) in [5.41, 5.74) is 5.70. The number of phenolic OH excluding ortho intramolecular Hbond substituents is 1. The van der Waals surface area contributed by atoms with Gasteiger partial charge in [0.05, 0.1) is 23.5 Å². The molecule has 34 heavy (non-hydrogen) atoms. The molecule has 2 N–H and O–H groups in total. The van der Waals surface area contributed by atoms with Gasteiger partial charge in [0.25, 0.3) is 0 Å². The van der Waals surface area contributed by atoms with Gasteiger partial charge in [-0.25, -0.2) is 4.98 Å². The Hall–Kier alpha value is -3.42. The zero-order valence-corrected chi connectivity index (χ0v) is 20.6. The second-order valence-electron chi connectivity index (χ2n) is 8.48. The molecule has 3 aromatic heterocycles. The average molecular weight is 490 g/mol. The Labute approximate surface area is 208 Å². The SMILES string of the molecule is Cc1ccnc(-n2c(C)cc([C@@H]3[C@@H](c4ccccn4)NC(=S)N3c3cc(Cl)ccc3O)c2C)c1. The van der Waals surface area contributed by atoms with Crippen LogP contribution in [0.4, 0.5) is 5.69 Å². The van der Waals surface area contributed by atoms with Crippen LogP contribution in [0.25, 0.3) is 5.82 Å². The summed E-state index contributed by atoms with van der Waals surface area (Å²) in [6, 6.07) is 16.5. The normalized spacial score (nSPS) is 17.8. The zero-order chi connectivity index (χ0) is 24.0. The van der Waals surface area contributed by atoms with Crippen molar-refractivity contribution in [2.24, 2.45) is 0 Å². The highest BCUT2D eigenvalue weighted by molar-refractivity contribution is 7.80. The predicted octanol–water partition coefficient (Wildman–Crippen LogP) is 5.73. The standard InChI is InChI=1S/C26H24ClN5OS/c1-15-9-11-29-23(12-15)31-16(2)13-19(17(31)3)25-24(20-6-4-5-10-28-20)30-26(34)32(25)21-14-18(27)7-8-22(21)33/h4-14,24-25,33H,1-3H3,(H,30,34)/t24-,25-/m1/s1. The molecular formula is C26H24ClN5OS. The fraction of sp³-hybridized carbons (Fsp3) is 0.192. The molecule has 1 aliphatic rings. The quantitative estimate of drug-likeness (QED) is 0.357. The highest BCUT2D eigenvalue weighted by Crippen LogP contribution is 2.46. The van der Waals surface area contributed by atoms with E-state index in [4.69, 9.17) is 23.8 Å². The Morgan fingerprint density at radius 3 is 2.56 bits per heavy atom. The first-order valence-electron chi connectivity index (χ1n) is 11.0. The van der Waals surface area contributed by atoms with Crippen LogP contribution >= 0.6 is 23.8 Å². The molecule has 0 spiro atoms. The molecule has 1 fully saturated rings. The van der Waals surface area contributed by atoms with Gasteiger partial charge >= 0.3 is 0 Å². The number of aryl methyl sites for hydroxylation is 2. The molecule has 1 saturated heterocycles. The lowest BCUT2D eigenvalue weighted by Gasteiger charge is -2.28. The van der Waals surface area contributed by atoms with Crippen molar-refractivity contribution in [2.75, 3.05) is 4.90 Å². The van der Waals surface area contributed by atoms with E-state index in [2.05, 4.69) is 52.8 Å². The van der Waals surface area contributed by atoms with Gasteiger partial charge in [-0.05, 0) is 92.6 Å². The van der Waals surface area contributed by atoms with E-state index in [0.29, 0.717) is 15.8 Å². The molecule has 4 heterocycles. The van der Waals surface area contributed by atoms with Crippen LogP contribution in [-0.2, 0) is 0 Å². The first-order valence-corrected chi connectivity index (χ1v) is 11.7. The molecule has 0 amide bonds. The maximum Gasteiger partial charge on any atom is 0.174 e. The van der Waals surface area contributed by atoms with Gasteiger partial charge in [0, 0.05) is 28.8 Å². The van der Waals surface area contributed by atoms with Crippen LogP contribution in [0.2, 0.25) is 5.02 Å². The summed E-state index contributed by atoms with van der Waals surface area (Å²) < 4.78 is 2.15. The minimum Gasteiger partial charge on any atom is -0.506 e. The lowest BCUT2D eigenvalue weighted by molar-refractivity contribution is 0.472. The molecular weight excluding hydrogens is 466 g/mol. The third-order valence-corrected chi connectivity index (χ3v) is 6.76. The molecule has 8 heteroatoms. The minimum absolute atomic E-state index is 0.106. The van der Waals surface area contributed by atoms with E-state index in [9.17, 15) is 5.11 Å². The summed E-state index contributed by atoms with van der Waals surface area (Å²) >= 11 is 12.1. The fourth-order valence-electron chi connectivity index (χ4n) is 4.70. The van der Waals surface area contributed by atoms with Crippen LogP contribution in [0.15, 0.2) is 67.0 Å². The summed E-state index contributed by atoms with van der Waals surface area (Å²) in [6.07, 6.45) is 3.60. The summed E-state index contributed by atoms with van der Waals surface area (Å²) in [5, 5.41) is 15.2. The van der Waals surface area contributed by atoms with Crippen LogP contribution in [0.3, 0.4) is 0 Å². The van der Waals surface area contributed by atoms with Crippen molar-refractivity contribution in [2.45, 2.75) is 32.9 Å². The van der Waals surface area contributed by atoms with Gasteiger partial charge in [-0.3, -0.25) is 4.98 Å². The number of hydrogen-bond acceptors (Lipinski definition) is 4. The summed E-state index contributed by atoms with van der Waals surface area (Å²) in [7, 11) is 0. The van der Waals surface area contributed by atoms with Gasteiger partial charge < -0.3 is 19.9 Å². The number of nitrogens with zero attached hydrogens (tertiary/aromatic N) is 4. The van der Waals surface area contributed by atoms with Crippen molar-refractivity contribution < 1.29 is 5.11 Å². The highest BCUT2D eigenvalue weighted by atomic mass is 35.5. The lowest BCUT2D eigenvalue weighted by atomic mass is 9.96. The Bertz CT molecular complexity index is 1390. The van der Waals surface area contributed by atoms with Gasteiger partial charge in [0.1, 0.15) is 11.6 Å². The second kappa shape index (κ2) is 8.74. The Morgan fingerprint density at radius 1 is 1.00 bits per heavy atom. The number of phenols is 1. The van der Waals surface area contributed by atoms with Crippen molar-refractivity contribution in [3.63, 3.8) is 0 Å². The number of nitrogens with one attached hydrogen (secondary N) is 1.